The van der Waals surface area contributed by atoms with Gasteiger partial charge in [0.25, 0.3) is 0 Å². The molecule has 0 saturated heterocycles. The number of ether oxygens (including phenoxy) is 1. The molecule has 1 amide bonds. The smallest absolute Gasteiger partial charge is 0.241 e. The highest BCUT2D eigenvalue weighted by molar-refractivity contribution is 7.92. The third-order valence-corrected chi connectivity index (χ3v) is 5.93. The Labute approximate surface area is 184 Å². The molecule has 2 rings (SSSR count). The van der Waals surface area contributed by atoms with Gasteiger partial charge >= 0.3 is 0 Å². The van der Waals surface area contributed by atoms with E-state index in [1.807, 2.05) is 24.3 Å². The SMILES string of the molecule is COc1ccc(C(CC(C)C)NC(=O)CN(c2cccc(C(C)=O)c2)S(C)(=O)=O)cc1. The summed E-state index contributed by atoms with van der Waals surface area (Å²) in [6.07, 6.45) is 1.73. The molecule has 1 N–H and O–H groups in total. The normalized spacial score (nSPS) is 12.3. The van der Waals surface area contributed by atoms with Crippen molar-refractivity contribution in [3.8, 4) is 5.75 Å². The summed E-state index contributed by atoms with van der Waals surface area (Å²) in [5.74, 6) is 0.411. The van der Waals surface area contributed by atoms with Crippen molar-refractivity contribution in [2.75, 3.05) is 24.2 Å². The van der Waals surface area contributed by atoms with Gasteiger partial charge in [0.05, 0.1) is 25.1 Å². The van der Waals surface area contributed by atoms with Crippen LogP contribution in [0.25, 0.3) is 0 Å². The number of rotatable bonds is 10. The molecule has 0 heterocycles. The Hall–Kier alpha value is -2.87. The summed E-state index contributed by atoms with van der Waals surface area (Å²) in [5.41, 5.74) is 1.56. The van der Waals surface area contributed by atoms with Crippen molar-refractivity contribution >= 4 is 27.4 Å². The number of carbonyl (C=O) groups is 2. The van der Waals surface area contributed by atoms with Crippen LogP contribution in [0.15, 0.2) is 48.5 Å². The van der Waals surface area contributed by atoms with Crippen molar-refractivity contribution in [3.63, 3.8) is 0 Å². The first-order chi connectivity index (χ1) is 14.5. The predicted octanol–water partition coefficient (Wildman–Crippen LogP) is 3.57. The number of anilines is 1. The van der Waals surface area contributed by atoms with Crippen molar-refractivity contribution in [2.24, 2.45) is 5.92 Å². The van der Waals surface area contributed by atoms with E-state index in [0.29, 0.717) is 23.7 Å². The monoisotopic (exact) mass is 446 g/mol. The molecule has 7 nitrogen and oxygen atoms in total. The Morgan fingerprint density at radius 1 is 1.10 bits per heavy atom. The largest absolute Gasteiger partial charge is 0.497 e. The number of benzene rings is 2. The Morgan fingerprint density at radius 2 is 1.74 bits per heavy atom. The molecule has 8 heteroatoms. The van der Waals surface area contributed by atoms with E-state index in [2.05, 4.69) is 19.2 Å². The van der Waals surface area contributed by atoms with Crippen LogP contribution < -0.4 is 14.4 Å². The first-order valence-corrected chi connectivity index (χ1v) is 11.9. The van der Waals surface area contributed by atoms with Crippen molar-refractivity contribution < 1.29 is 22.7 Å². The molecule has 0 aliphatic heterocycles. The highest BCUT2D eigenvalue weighted by Gasteiger charge is 2.24. The number of hydrogen-bond donors (Lipinski definition) is 1. The van der Waals surface area contributed by atoms with E-state index < -0.39 is 15.9 Å². The number of methoxy groups -OCH3 is 1. The third kappa shape index (κ3) is 7.10. The lowest BCUT2D eigenvalue weighted by molar-refractivity contribution is -0.120. The number of nitrogens with one attached hydrogen (secondary N) is 1. The molecule has 2 aromatic carbocycles. The number of ketones is 1. The summed E-state index contributed by atoms with van der Waals surface area (Å²) >= 11 is 0. The second-order valence-corrected chi connectivity index (χ2v) is 9.81. The van der Waals surface area contributed by atoms with E-state index in [1.54, 1.807) is 25.3 Å². The number of carbonyl (C=O) groups excluding carboxylic acids is 2. The van der Waals surface area contributed by atoms with Gasteiger partial charge in [-0.25, -0.2) is 8.42 Å². The van der Waals surface area contributed by atoms with Gasteiger partial charge in [-0.3, -0.25) is 13.9 Å². The van der Waals surface area contributed by atoms with Gasteiger partial charge in [-0.15, -0.1) is 0 Å². The standard InChI is InChI=1S/C23H30N2O5S/c1-16(2)13-22(18-9-11-21(30-4)12-10-18)24-23(27)15-25(31(5,28)29)20-8-6-7-19(14-20)17(3)26/h6-12,14,16,22H,13,15H2,1-5H3,(H,24,27). The van der Waals surface area contributed by atoms with Gasteiger partial charge in [0.15, 0.2) is 5.78 Å². The minimum Gasteiger partial charge on any atom is -0.497 e. The molecular formula is C23H30N2O5S. The lowest BCUT2D eigenvalue weighted by atomic mass is 9.97. The van der Waals surface area contributed by atoms with E-state index in [9.17, 15) is 18.0 Å². The first-order valence-electron chi connectivity index (χ1n) is 10.0. The fourth-order valence-corrected chi connectivity index (χ4v) is 4.08. The highest BCUT2D eigenvalue weighted by Crippen LogP contribution is 2.24. The first kappa shape index (κ1) is 24.4. The summed E-state index contributed by atoms with van der Waals surface area (Å²) < 4.78 is 31.0. The van der Waals surface area contributed by atoms with Gasteiger partial charge in [0.2, 0.25) is 15.9 Å². The average molecular weight is 447 g/mol. The molecule has 0 aliphatic carbocycles. The van der Waals surface area contributed by atoms with Crippen LogP contribution in [0.1, 0.15) is 49.2 Å². The number of nitrogens with zero attached hydrogens (tertiary/aromatic N) is 1. The van der Waals surface area contributed by atoms with Crippen LogP contribution in [-0.2, 0) is 14.8 Å². The van der Waals surface area contributed by atoms with E-state index in [0.717, 1.165) is 16.1 Å². The summed E-state index contributed by atoms with van der Waals surface area (Å²) in [7, 11) is -2.16. The molecule has 0 fully saturated rings. The molecule has 0 saturated carbocycles. The zero-order chi connectivity index (χ0) is 23.2. The van der Waals surface area contributed by atoms with E-state index in [1.165, 1.54) is 13.0 Å². The van der Waals surface area contributed by atoms with Gasteiger partial charge in [-0.2, -0.15) is 0 Å². The quantitative estimate of drug-likeness (QED) is 0.563. The average Bonchev–Trinajstić information content (AvgIpc) is 2.70. The number of sulfonamides is 1. The van der Waals surface area contributed by atoms with Crippen LogP contribution >= 0.6 is 0 Å². The highest BCUT2D eigenvalue weighted by atomic mass is 32.2. The Morgan fingerprint density at radius 3 is 2.26 bits per heavy atom. The van der Waals surface area contributed by atoms with E-state index >= 15 is 0 Å². The number of amides is 1. The van der Waals surface area contributed by atoms with Crippen LogP contribution in [-0.4, -0.2) is 40.0 Å². The van der Waals surface area contributed by atoms with Crippen molar-refractivity contribution in [2.45, 2.75) is 33.2 Å². The lowest BCUT2D eigenvalue weighted by Crippen LogP contribution is -2.41. The lowest BCUT2D eigenvalue weighted by Gasteiger charge is -2.25. The van der Waals surface area contributed by atoms with E-state index in [-0.39, 0.29) is 24.1 Å². The van der Waals surface area contributed by atoms with Gasteiger partial charge in [-0.1, -0.05) is 38.1 Å². The molecule has 1 unspecified atom stereocenters. The number of hydrogen-bond acceptors (Lipinski definition) is 5. The van der Waals surface area contributed by atoms with Crippen LogP contribution in [0.5, 0.6) is 5.75 Å². The zero-order valence-electron chi connectivity index (χ0n) is 18.6. The van der Waals surface area contributed by atoms with Crippen LogP contribution in [0.3, 0.4) is 0 Å². The maximum Gasteiger partial charge on any atom is 0.241 e. The molecule has 0 aliphatic rings. The molecule has 0 spiro atoms. The summed E-state index contributed by atoms with van der Waals surface area (Å²) in [6, 6.07) is 13.4. The fourth-order valence-electron chi connectivity index (χ4n) is 3.24. The van der Waals surface area contributed by atoms with Crippen LogP contribution in [0, 0.1) is 5.92 Å². The molecule has 168 valence electrons. The van der Waals surface area contributed by atoms with Gasteiger partial charge in [0.1, 0.15) is 12.3 Å². The van der Waals surface area contributed by atoms with Crippen molar-refractivity contribution in [1.29, 1.82) is 0 Å². The molecule has 31 heavy (non-hydrogen) atoms. The van der Waals surface area contributed by atoms with Gasteiger partial charge in [-0.05, 0) is 49.1 Å². The van der Waals surface area contributed by atoms with E-state index in [4.69, 9.17) is 4.74 Å². The summed E-state index contributed by atoms with van der Waals surface area (Å²) in [4.78, 5) is 24.6. The molecule has 0 aromatic heterocycles. The van der Waals surface area contributed by atoms with Gasteiger partial charge in [0, 0.05) is 5.56 Å². The van der Waals surface area contributed by atoms with Crippen molar-refractivity contribution in [1.82, 2.24) is 5.32 Å². The molecule has 2 aromatic rings. The maximum atomic E-state index is 12.9. The van der Waals surface area contributed by atoms with Crippen LogP contribution in [0.4, 0.5) is 5.69 Å². The maximum absolute atomic E-state index is 12.9. The Balaban J connectivity index is 2.26. The third-order valence-electron chi connectivity index (χ3n) is 4.79. The Kier molecular flexibility index (Phi) is 8.21. The molecule has 0 radical (unpaired) electrons. The minimum atomic E-state index is -3.74. The Bertz CT molecular complexity index is 1020. The topological polar surface area (TPSA) is 92.8 Å². The number of Topliss-reactive ketones (excluding diaryl/α,β-unsaturated/α-hetero) is 1. The summed E-state index contributed by atoms with van der Waals surface area (Å²) in [5, 5.41) is 2.96. The second kappa shape index (κ2) is 10.4. The van der Waals surface area contributed by atoms with Crippen LogP contribution in [0.2, 0.25) is 0 Å². The summed E-state index contributed by atoms with van der Waals surface area (Å²) in [6.45, 7) is 5.13. The molecular weight excluding hydrogens is 416 g/mol. The minimum absolute atomic E-state index is 0.184. The fraction of sp³-hybridized carbons (Fsp3) is 0.391. The van der Waals surface area contributed by atoms with Gasteiger partial charge < -0.3 is 10.1 Å². The zero-order valence-corrected chi connectivity index (χ0v) is 19.4. The predicted molar refractivity (Wildman–Crippen MR) is 122 cm³/mol. The molecule has 0 bridgehead atoms. The van der Waals surface area contributed by atoms with Crippen molar-refractivity contribution in [3.05, 3.63) is 59.7 Å². The second-order valence-electron chi connectivity index (χ2n) is 7.90. The molecule has 1 atom stereocenters.